The highest BCUT2D eigenvalue weighted by atomic mass is 16.3. The summed E-state index contributed by atoms with van der Waals surface area (Å²) < 4.78 is 1.75. The molecule has 0 saturated carbocycles. The fourth-order valence-electron chi connectivity index (χ4n) is 3.41. The van der Waals surface area contributed by atoms with Gasteiger partial charge in [0.2, 0.25) is 0 Å². The van der Waals surface area contributed by atoms with Crippen LogP contribution in [-0.2, 0) is 13.0 Å². The summed E-state index contributed by atoms with van der Waals surface area (Å²) in [7, 11) is 3.99. The van der Waals surface area contributed by atoms with E-state index in [9.17, 15) is 9.90 Å². The van der Waals surface area contributed by atoms with Crippen molar-refractivity contribution in [3.05, 3.63) is 88.7 Å². The van der Waals surface area contributed by atoms with Crippen LogP contribution in [0.15, 0.2) is 77.6 Å². The Kier molecular flexibility index (Phi) is 5.04. The molecule has 0 bridgehead atoms. The van der Waals surface area contributed by atoms with Gasteiger partial charge in [-0.2, -0.15) is 0 Å². The molecule has 0 amide bonds. The Labute approximate surface area is 169 Å². The van der Waals surface area contributed by atoms with Crippen LogP contribution < -0.4 is 10.5 Å². The average molecular weight is 385 g/mol. The van der Waals surface area contributed by atoms with E-state index < -0.39 is 0 Å². The van der Waals surface area contributed by atoms with Crippen LogP contribution in [0.2, 0.25) is 0 Å². The molecule has 3 aromatic carbocycles. The maximum absolute atomic E-state index is 13.2. The lowest BCUT2D eigenvalue weighted by molar-refractivity contribution is 0.475. The number of hydrogen-bond donors (Lipinski definition) is 1. The second kappa shape index (κ2) is 7.80. The van der Waals surface area contributed by atoms with Crippen molar-refractivity contribution in [2.24, 2.45) is 0 Å². The van der Waals surface area contributed by atoms with E-state index >= 15 is 0 Å². The molecular formula is C24H23N3O2. The first-order chi connectivity index (χ1) is 14.0. The lowest BCUT2D eigenvalue weighted by Gasteiger charge is -2.16. The first-order valence-electron chi connectivity index (χ1n) is 9.58. The van der Waals surface area contributed by atoms with Gasteiger partial charge in [0.25, 0.3) is 5.56 Å². The van der Waals surface area contributed by atoms with Crippen molar-refractivity contribution in [1.82, 2.24) is 9.55 Å². The molecule has 1 aromatic heterocycles. The average Bonchev–Trinajstić information content (AvgIpc) is 2.74. The first-order valence-corrected chi connectivity index (χ1v) is 9.58. The van der Waals surface area contributed by atoms with Crippen LogP contribution in [0, 0.1) is 0 Å². The second-order valence-corrected chi connectivity index (χ2v) is 7.27. The van der Waals surface area contributed by atoms with Crippen molar-refractivity contribution >= 4 is 16.6 Å². The number of nitrogens with zero attached hydrogens (tertiary/aromatic N) is 3. The number of phenolic OH excluding ortho intramolecular Hbond substituents is 1. The number of para-hydroxylation sites is 1. The molecule has 0 aliphatic rings. The fraction of sp³-hybridized carbons (Fsp3) is 0.167. The highest BCUT2D eigenvalue weighted by Gasteiger charge is 2.13. The van der Waals surface area contributed by atoms with Crippen molar-refractivity contribution in [3.8, 4) is 17.1 Å². The molecule has 0 saturated heterocycles. The largest absolute Gasteiger partial charge is 0.508 e. The summed E-state index contributed by atoms with van der Waals surface area (Å²) in [6.45, 7) is 0.506. The molecule has 5 heteroatoms. The van der Waals surface area contributed by atoms with Gasteiger partial charge >= 0.3 is 0 Å². The Balaban J connectivity index is 1.79. The normalized spacial score (nSPS) is 11.0. The third-order valence-corrected chi connectivity index (χ3v) is 5.06. The zero-order valence-electron chi connectivity index (χ0n) is 16.5. The molecule has 4 aromatic rings. The Morgan fingerprint density at radius 3 is 2.31 bits per heavy atom. The van der Waals surface area contributed by atoms with Gasteiger partial charge in [0, 0.05) is 31.9 Å². The first kappa shape index (κ1) is 18.7. The van der Waals surface area contributed by atoms with Crippen molar-refractivity contribution in [1.29, 1.82) is 0 Å². The molecule has 0 aliphatic heterocycles. The summed E-state index contributed by atoms with van der Waals surface area (Å²) in [5.41, 5.74) is 3.71. The number of phenols is 1. The van der Waals surface area contributed by atoms with E-state index in [0.29, 0.717) is 29.7 Å². The van der Waals surface area contributed by atoms with Gasteiger partial charge in [-0.1, -0.05) is 24.3 Å². The lowest BCUT2D eigenvalue weighted by Crippen LogP contribution is -2.24. The molecule has 5 nitrogen and oxygen atoms in total. The number of benzene rings is 3. The van der Waals surface area contributed by atoms with Gasteiger partial charge in [-0.3, -0.25) is 9.36 Å². The van der Waals surface area contributed by atoms with Crippen molar-refractivity contribution in [3.63, 3.8) is 0 Å². The molecule has 29 heavy (non-hydrogen) atoms. The molecule has 0 atom stereocenters. The minimum Gasteiger partial charge on any atom is -0.508 e. The Morgan fingerprint density at radius 1 is 0.931 bits per heavy atom. The standard InChI is InChI=1S/C24H23N3O2/c1-26(2)19-11-9-18(10-12-19)23-25-22-6-4-3-5-21(22)24(29)27(23)16-15-17-7-13-20(28)14-8-17/h3-14,28H,15-16H2,1-2H3. The van der Waals surface area contributed by atoms with E-state index in [4.69, 9.17) is 4.98 Å². The summed E-state index contributed by atoms with van der Waals surface area (Å²) in [5, 5.41) is 10.1. The number of anilines is 1. The van der Waals surface area contributed by atoms with Gasteiger partial charge in [-0.15, -0.1) is 0 Å². The lowest BCUT2D eigenvalue weighted by atomic mass is 10.1. The zero-order valence-corrected chi connectivity index (χ0v) is 16.5. The highest BCUT2D eigenvalue weighted by molar-refractivity contribution is 5.79. The van der Waals surface area contributed by atoms with E-state index in [1.165, 1.54) is 0 Å². The van der Waals surface area contributed by atoms with Crippen molar-refractivity contribution in [2.75, 3.05) is 19.0 Å². The molecule has 0 radical (unpaired) electrons. The summed E-state index contributed by atoms with van der Waals surface area (Å²) in [6, 6.07) is 22.6. The fourth-order valence-corrected chi connectivity index (χ4v) is 3.41. The topological polar surface area (TPSA) is 58.4 Å². The molecule has 4 rings (SSSR count). The number of aromatic nitrogens is 2. The van der Waals surface area contributed by atoms with E-state index in [0.717, 1.165) is 16.8 Å². The summed E-state index contributed by atoms with van der Waals surface area (Å²) in [6.07, 6.45) is 0.670. The summed E-state index contributed by atoms with van der Waals surface area (Å²) in [5.74, 6) is 0.901. The SMILES string of the molecule is CN(C)c1ccc(-c2nc3ccccc3c(=O)n2CCc2ccc(O)cc2)cc1. The molecule has 0 aliphatic carbocycles. The van der Waals surface area contributed by atoms with Crippen LogP contribution in [0.5, 0.6) is 5.75 Å². The predicted octanol–water partition coefficient (Wildman–Crippen LogP) is 4.08. The number of hydrogen-bond acceptors (Lipinski definition) is 4. The van der Waals surface area contributed by atoms with E-state index in [1.54, 1.807) is 16.7 Å². The van der Waals surface area contributed by atoms with Crippen LogP contribution in [0.1, 0.15) is 5.56 Å². The zero-order chi connectivity index (χ0) is 20.4. The van der Waals surface area contributed by atoms with Gasteiger partial charge in [0.1, 0.15) is 11.6 Å². The molecular weight excluding hydrogens is 362 g/mol. The monoisotopic (exact) mass is 385 g/mol. The van der Waals surface area contributed by atoms with Crippen LogP contribution in [0.25, 0.3) is 22.3 Å². The van der Waals surface area contributed by atoms with Crippen LogP contribution in [0.4, 0.5) is 5.69 Å². The van der Waals surface area contributed by atoms with E-state index in [1.807, 2.05) is 79.7 Å². The van der Waals surface area contributed by atoms with E-state index in [-0.39, 0.29) is 11.3 Å². The third kappa shape index (κ3) is 3.85. The molecule has 0 spiro atoms. The highest BCUT2D eigenvalue weighted by Crippen LogP contribution is 2.22. The van der Waals surface area contributed by atoms with Gasteiger partial charge < -0.3 is 10.0 Å². The maximum atomic E-state index is 13.2. The molecule has 0 unspecified atom stereocenters. The Hall–Kier alpha value is -3.60. The summed E-state index contributed by atoms with van der Waals surface area (Å²) >= 11 is 0. The minimum atomic E-state index is -0.0407. The number of aryl methyl sites for hydroxylation is 1. The smallest absolute Gasteiger partial charge is 0.261 e. The predicted molar refractivity (Wildman–Crippen MR) is 118 cm³/mol. The van der Waals surface area contributed by atoms with Gasteiger partial charge in [-0.25, -0.2) is 4.98 Å². The second-order valence-electron chi connectivity index (χ2n) is 7.27. The number of rotatable bonds is 5. The maximum Gasteiger partial charge on any atom is 0.261 e. The third-order valence-electron chi connectivity index (χ3n) is 5.06. The van der Waals surface area contributed by atoms with Crippen LogP contribution in [-0.4, -0.2) is 28.8 Å². The quantitative estimate of drug-likeness (QED) is 0.562. The minimum absolute atomic E-state index is 0.0407. The number of fused-ring (bicyclic) bond motifs is 1. The molecule has 1 heterocycles. The molecule has 146 valence electrons. The van der Waals surface area contributed by atoms with E-state index in [2.05, 4.69) is 0 Å². The molecule has 1 N–H and O–H groups in total. The van der Waals surface area contributed by atoms with Gasteiger partial charge in [0.15, 0.2) is 0 Å². The number of aromatic hydroxyl groups is 1. The van der Waals surface area contributed by atoms with Crippen LogP contribution >= 0.6 is 0 Å². The Morgan fingerprint density at radius 2 is 1.62 bits per heavy atom. The van der Waals surface area contributed by atoms with Crippen LogP contribution in [0.3, 0.4) is 0 Å². The van der Waals surface area contributed by atoms with Crippen molar-refractivity contribution in [2.45, 2.75) is 13.0 Å². The summed E-state index contributed by atoms with van der Waals surface area (Å²) in [4.78, 5) is 20.1. The van der Waals surface area contributed by atoms with Gasteiger partial charge in [0.05, 0.1) is 10.9 Å². The Bertz CT molecular complexity index is 1190. The van der Waals surface area contributed by atoms with Gasteiger partial charge in [-0.05, 0) is 60.5 Å². The van der Waals surface area contributed by atoms with Crippen molar-refractivity contribution < 1.29 is 5.11 Å². The molecule has 0 fully saturated rings.